The molecule has 0 bridgehead atoms. The highest BCUT2D eigenvalue weighted by atomic mass is 16.5. The van der Waals surface area contributed by atoms with E-state index in [9.17, 15) is 9.59 Å². The first-order valence-electron chi connectivity index (χ1n) is 9.35. The highest BCUT2D eigenvalue weighted by Gasteiger charge is 2.26. The van der Waals surface area contributed by atoms with E-state index in [4.69, 9.17) is 10.5 Å². The Morgan fingerprint density at radius 2 is 1.96 bits per heavy atom. The molecule has 0 saturated carbocycles. The number of ether oxygens (including phenoxy) is 1. The SMILES string of the molecule is COC(=O)c1ccc(-c2cccc(C(=O)N3CCCC[C@H]3CN)c2)c(C)c1. The Morgan fingerprint density at radius 3 is 2.67 bits per heavy atom. The van der Waals surface area contributed by atoms with Crippen molar-refractivity contribution >= 4 is 11.9 Å². The second-order valence-electron chi connectivity index (χ2n) is 6.99. The number of rotatable bonds is 4. The first kappa shape index (κ1) is 19.1. The highest BCUT2D eigenvalue weighted by molar-refractivity contribution is 5.96. The molecule has 1 amide bonds. The van der Waals surface area contributed by atoms with Gasteiger partial charge >= 0.3 is 5.97 Å². The number of hydrogen-bond donors (Lipinski definition) is 1. The third-order valence-electron chi connectivity index (χ3n) is 5.23. The molecule has 1 atom stereocenters. The van der Waals surface area contributed by atoms with Gasteiger partial charge < -0.3 is 15.4 Å². The van der Waals surface area contributed by atoms with E-state index >= 15 is 0 Å². The summed E-state index contributed by atoms with van der Waals surface area (Å²) in [5.41, 5.74) is 9.96. The minimum absolute atomic E-state index is 0.0378. The van der Waals surface area contributed by atoms with Gasteiger partial charge in [-0.2, -0.15) is 0 Å². The van der Waals surface area contributed by atoms with Crippen LogP contribution in [0.25, 0.3) is 11.1 Å². The standard InChI is InChI=1S/C22H26N2O3/c1-15-12-18(22(26)27-2)9-10-20(15)16-6-5-7-17(13-16)21(25)24-11-4-3-8-19(24)14-23/h5-7,9-10,12-13,19H,3-4,8,11,14,23H2,1-2H3/t19-/m0/s1. The second kappa shape index (κ2) is 8.35. The number of nitrogens with two attached hydrogens (primary N) is 1. The number of likely N-dealkylation sites (tertiary alicyclic amines) is 1. The lowest BCUT2D eigenvalue weighted by molar-refractivity contribution is 0.0598. The summed E-state index contributed by atoms with van der Waals surface area (Å²) in [6.45, 7) is 3.21. The number of hydrogen-bond acceptors (Lipinski definition) is 4. The van der Waals surface area contributed by atoms with Crippen molar-refractivity contribution in [3.05, 3.63) is 59.2 Å². The fourth-order valence-corrected chi connectivity index (χ4v) is 3.73. The predicted molar refractivity (Wildman–Crippen MR) is 106 cm³/mol. The Labute approximate surface area is 160 Å². The zero-order valence-corrected chi connectivity index (χ0v) is 15.9. The summed E-state index contributed by atoms with van der Waals surface area (Å²) in [4.78, 5) is 26.7. The first-order chi connectivity index (χ1) is 13.0. The van der Waals surface area contributed by atoms with Crippen LogP contribution in [-0.2, 0) is 4.74 Å². The van der Waals surface area contributed by atoms with Gasteiger partial charge in [0.05, 0.1) is 12.7 Å². The third-order valence-corrected chi connectivity index (χ3v) is 5.23. The summed E-state index contributed by atoms with van der Waals surface area (Å²) >= 11 is 0. The average Bonchev–Trinajstić information content (AvgIpc) is 2.72. The van der Waals surface area contributed by atoms with E-state index in [0.717, 1.165) is 42.5 Å². The Balaban J connectivity index is 1.89. The van der Waals surface area contributed by atoms with Crippen LogP contribution in [0.1, 0.15) is 45.5 Å². The molecule has 1 heterocycles. The van der Waals surface area contributed by atoms with Crippen molar-refractivity contribution in [3.8, 4) is 11.1 Å². The van der Waals surface area contributed by atoms with Crippen LogP contribution >= 0.6 is 0 Å². The predicted octanol–water partition coefficient (Wildman–Crippen LogP) is 3.40. The van der Waals surface area contributed by atoms with E-state index in [1.54, 1.807) is 6.07 Å². The summed E-state index contributed by atoms with van der Waals surface area (Å²) in [5.74, 6) is -0.317. The smallest absolute Gasteiger partial charge is 0.337 e. The Kier molecular flexibility index (Phi) is 5.91. The zero-order valence-electron chi connectivity index (χ0n) is 15.9. The van der Waals surface area contributed by atoms with E-state index in [-0.39, 0.29) is 17.9 Å². The molecule has 1 saturated heterocycles. The quantitative estimate of drug-likeness (QED) is 0.842. The van der Waals surface area contributed by atoms with Crippen LogP contribution in [0.2, 0.25) is 0 Å². The number of methoxy groups -OCH3 is 1. The molecule has 1 aliphatic heterocycles. The average molecular weight is 366 g/mol. The van der Waals surface area contributed by atoms with Gasteiger partial charge in [0.25, 0.3) is 5.91 Å². The lowest BCUT2D eigenvalue weighted by atomic mass is 9.96. The molecule has 2 aromatic carbocycles. The van der Waals surface area contributed by atoms with Gasteiger partial charge in [-0.05, 0) is 67.1 Å². The molecule has 142 valence electrons. The number of benzene rings is 2. The van der Waals surface area contributed by atoms with Crippen molar-refractivity contribution in [2.45, 2.75) is 32.2 Å². The van der Waals surface area contributed by atoms with Gasteiger partial charge in [0.1, 0.15) is 0 Å². The number of nitrogens with zero attached hydrogens (tertiary/aromatic N) is 1. The topological polar surface area (TPSA) is 72.6 Å². The van der Waals surface area contributed by atoms with Crippen molar-refractivity contribution in [3.63, 3.8) is 0 Å². The maximum absolute atomic E-state index is 13.0. The molecule has 0 aliphatic carbocycles. The van der Waals surface area contributed by atoms with Crippen molar-refractivity contribution < 1.29 is 14.3 Å². The van der Waals surface area contributed by atoms with E-state index in [0.29, 0.717) is 17.7 Å². The minimum atomic E-state index is -0.355. The van der Waals surface area contributed by atoms with Crippen LogP contribution in [0, 0.1) is 6.92 Å². The highest BCUT2D eigenvalue weighted by Crippen LogP contribution is 2.27. The van der Waals surface area contributed by atoms with E-state index in [1.165, 1.54) is 7.11 Å². The monoisotopic (exact) mass is 366 g/mol. The van der Waals surface area contributed by atoms with Gasteiger partial charge in [-0.3, -0.25) is 4.79 Å². The summed E-state index contributed by atoms with van der Waals surface area (Å²) in [6, 6.07) is 13.2. The van der Waals surface area contributed by atoms with Gasteiger partial charge in [0.2, 0.25) is 0 Å². The fourth-order valence-electron chi connectivity index (χ4n) is 3.73. The molecule has 2 aromatic rings. The molecule has 0 aromatic heterocycles. The maximum Gasteiger partial charge on any atom is 0.337 e. The Morgan fingerprint density at radius 1 is 1.15 bits per heavy atom. The van der Waals surface area contributed by atoms with E-state index < -0.39 is 0 Å². The molecular formula is C22H26N2O3. The van der Waals surface area contributed by atoms with Gasteiger partial charge in [-0.25, -0.2) is 4.79 Å². The molecule has 27 heavy (non-hydrogen) atoms. The van der Waals surface area contributed by atoms with Crippen LogP contribution in [-0.4, -0.2) is 43.0 Å². The Hall–Kier alpha value is -2.66. The van der Waals surface area contributed by atoms with Crippen LogP contribution in [0.5, 0.6) is 0 Å². The zero-order chi connectivity index (χ0) is 19.4. The van der Waals surface area contributed by atoms with Crippen molar-refractivity contribution in [2.75, 3.05) is 20.2 Å². The molecule has 3 rings (SSSR count). The molecule has 0 unspecified atom stereocenters. The molecule has 2 N–H and O–H groups in total. The summed E-state index contributed by atoms with van der Waals surface area (Å²) in [7, 11) is 1.37. The fraction of sp³-hybridized carbons (Fsp3) is 0.364. The molecule has 0 radical (unpaired) electrons. The van der Waals surface area contributed by atoms with Crippen LogP contribution in [0.3, 0.4) is 0 Å². The number of amides is 1. The van der Waals surface area contributed by atoms with Crippen LogP contribution < -0.4 is 5.73 Å². The van der Waals surface area contributed by atoms with Crippen LogP contribution in [0.4, 0.5) is 0 Å². The van der Waals surface area contributed by atoms with Crippen molar-refractivity contribution in [2.24, 2.45) is 5.73 Å². The van der Waals surface area contributed by atoms with E-state index in [1.807, 2.05) is 48.2 Å². The molecule has 1 fully saturated rings. The van der Waals surface area contributed by atoms with Crippen LogP contribution in [0.15, 0.2) is 42.5 Å². The second-order valence-corrected chi connectivity index (χ2v) is 6.99. The van der Waals surface area contributed by atoms with E-state index in [2.05, 4.69) is 0 Å². The molecule has 5 nitrogen and oxygen atoms in total. The van der Waals surface area contributed by atoms with Crippen molar-refractivity contribution in [1.29, 1.82) is 0 Å². The number of carbonyl (C=O) groups excluding carboxylic acids is 2. The lowest BCUT2D eigenvalue weighted by Gasteiger charge is -2.35. The number of carbonyl (C=O) groups is 2. The first-order valence-corrected chi connectivity index (χ1v) is 9.35. The van der Waals surface area contributed by atoms with Gasteiger partial charge in [0.15, 0.2) is 0 Å². The number of esters is 1. The van der Waals surface area contributed by atoms with Crippen molar-refractivity contribution in [1.82, 2.24) is 4.90 Å². The minimum Gasteiger partial charge on any atom is -0.465 e. The molecule has 0 spiro atoms. The lowest BCUT2D eigenvalue weighted by Crippen LogP contribution is -2.47. The summed E-state index contributed by atoms with van der Waals surface area (Å²) in [6.07, 6.45) is 3.11. The Bertz CT molecular complexity index is 847. The summed E-state index contributed by atoms with van der Waals surface area (Å²) < 4.78 is 4.78. The largest absolute Gasteiger partial charge is 0.465 e. The molecule has 1 aliphatic rings. The molecule has 5 heteroatoms. The summed E-state index contributed by atoms with van der Waals surface area (Å²) in [5, 5.41) is 0. The maximum atomic E-state index is 13.0. The number of aryl methyl sites for hydroxylation is 1. The third kappa shape index (κ3) is 4.03. The molecular weight excluding hydrogens is 340 g/mol. The number of piperidine rings is 1. The van der Waals surface area contributed by atoms with Gasteiger partial charge in [-0.15, -0.1) is 0 Å². The van der Waals surface area contributed by atoms with Gasteiger partial charge in [-0.1, -0.05) is 18.2 Å². The van der Waals surface area contributed by atoms with Gasteiger partial charge in [0, 0.05) is 24.7 Å². The normalized spacial score (nSPS) is 16.9.